The predicted octanol–water partition coefficient (Wildman–Crippen LogP) is 4.16. The van der Waals surface area contributed by atoms with E-state index >= 15 is 0 Å². The van der Waals surface area contributed by atoms with Crippen LogP contribution in [0.25, 0.3) is 0 Å². The number of benzene rings is 1. The lowest BCUT2D eigenvalue weighted by atomic mass is 9.77. The number of hydrogen-bond donors (Lipinski definition) is 1. The van der Waals surface area contributed by atoms with Gasteiger partial charge in [-0.05, 0) is 30.5 Å². The van der Waals surface area contributed by atoms with Crippen LogP contribution in [-0.2, 0) is 5.41 Å². The maximum absolute atomic E-state index is 13.1. The van der Waals surface area contributed by atoms with Gasteiger partial charge < -0.3 is 5.73 Å². The maximum Gasteiger partial charge on any atom is 0.264 e. The molecule has 0 aliphatic heterocycles. The molecule has 94 valence electrons. The molecule has 0 radical (unpaired) electrons. The van der Waals surface area contributed by atoms with E-state index in [4.69, 9.17) is 5.73 Å². The van der Waals surface area contributed by atoms with Gasteiger partial charge >= 0.3 is 0 Å². The van der Waals surface area contributed by atoms with Gasteiger partial charge in [-0.2, -0.15) is 0 Å². The molecule has 1 aromatic rings. The Morgan fingerprint density at radius 3 is 2.47 bits per heavy atom. The van der Waals surface area contributed by atoms with Gasteiger partial charge in [-0.3, -0.25) is 0 Å². The molecule has 0 spiro atoms. The summed E-state index contributed by atoms with van der Waals surface area (Å²) in [7, 11) is 0. The minimum atomic E-state index is -2.43. The summed E-state index contributed by atoms with van der Waals surface area (Å²) in [6.45, 7) is 0.448. The molecule has 0 aromatic heterocycles. The Hall–Kier alpha value is -0.480. The SMILES string of the molecule is NCC1(c2cc(Br)ccc2C(F)F)CCCC1. The lowest BCUT2D eigenvalue weighted by Gasteiger charge is -2.30. The summed E-state index contributed by atoms with van der Waals surface area (Å²) in [6, 6.07) is 5.00. The Labute approximate surface area is 109 Å². The Morgan fingerprint density at radius 1 is 1.29 bits per heavy atom. The second-order valence-corrected chi connectivity index (χ2v) is 5.64. The smallest absolute Gasteiger partial charge is 0.264 e. The largest absolute Gasteiger partial charge is 0.330 e. The van der Waals surface area contributed by atoms with E-state index in [1.54, 1.807) is 6.07 Å². The van der Waals surface area contributed by atoms with Crippen LogP contribution in [0.4, 0.5) is 8.78 Å². The minimum absolute atomic E-state index is 0.139. The number of rotatable bonds is 3. The van der Waals surface area contributed by atoms with Gasteiger partial charge in [0.25, 0.3) is 6.43 Å². The van der Waals surface area contributed by atoms with E-state index in [0.29, 0.717) is 6.54 Å². The Morgan fingerprint density at radius 2 is 1.94 bits per heavy atom. The van der Waals surface area contributed by atoms with Crippen LogP contribution < -0.4 is 5.73 Å². The van der Waals surface area contributed by atoms with Gasteiger partial charge in [0.15, 0.2) is 0 Å². The zero-order valence-electron chi connectivity index (χ0n) is 9.56. The summed E-state index contributed by atoms with van der Waals surface area (Å²) in [5.74, 6) is 0. The highest BCUT2D eigenvalue weighted by atomic mass is 79.9. The fraction of sp³-hybridized carbons (Fsp3) is 0.538. The zero-order valence-corrected chi connectivity index (χ0v) is 11.1. The average molecular weight is 304 g/mol. The minimum Gasteiger partial charge on any atom is -0.330 e. The summed E-state index contributed by atoms with van der Waals surface area (Å²) in [6.07, 6.45) is 1.56. The first-order chi connectivity index (χ1) is 8.09. The van der Waals surface area contributed by atoms with Crippen molar-refractivity contribution in [2.24, 2.45) is 5.73 Å². The van der Waals surface area contributed by atoms with Gasteiger partial charge in [0.2, 0.25) is 0 Å². The van der Waals surface area contributed by atoms with Gasteiger partial charge in [-0.15, -0.1) is 0 Å². The van der Waals surface area contributed by atoms with Crippen LogP contribution in [0.15, 0.2) is 22.7 Å². The fourth-order valence-corrected chi connectivity index (χ4v) is 3.17. The molecule has 1 nitrogen and oxygen atoms in total. The van der Waals surface area contributed by atoms with Crippen molar-refractivity contribution in [3.8, 4) is 0 Å². The molecule has 1 aliphatic carbocycles. The van der Waals surface area contributed by atoms with E-state index in [9.17, 15) is 8.78 Å². The first-order valence-electron chi connectivity index (χ1n) is 5.87. The summed E-state index contributed by atoms with van der Waals surface area (Å²) < 4.78 is 27.0. The molecule has 0 amide bonds. The van der Waals surface area contributed by atoms with Gasteiger partial charge in [0, 0.05) is 22.0 Å². The molecule has 2 rings (SSSR count). The lowest BCUT2D eigenvalue weighted by molar-refractivity contribution is 0.148. The van der Waals surface area contributed by atoms with Gasteiger partial charge in [0.1, 0.15) is 0 Å². The summed E-state index contributed by atoms with van der Waals surface area (Å²) in [5, 5.41) is 0. The Kier molecular flexibility index (Phi) is 3.83. The first kappa shape index (κ1) is 13.0. The van der Waals surface area contributed by atoms with Crippen LogP contribution in [0.5, 0.6) is 0 Å². The molecule has 0 bridgehead atoms. The molecular formula is C13H16BrF2N. The van der Waals surface area contributed by atoms with Crippen LogP contribution >= 0.6 is 15.9 Å². The standard InChI is InChI=1S/C13H16BrF2N/c14-9-3-4-10(12(15)16)11(7-9)13(8-17)5-1-2-6-13/h3-4,7,12H,1-2,5-6,8,17H2. The molecule has 0 atom stereocenters. The van der Waals surface area contributed by atoms with Gasteiger partial charge in [-0.1, -0.05) is 34.8 Å². The van der Waals surface area contributed by atoms with E-state index < -0.39 is 6.43 Å². The molecule has 0 unspecified atom stereocenters. The van der Waals surface area contributed by atoms with E-state index in [1.807, 2.05) is 6.07 Å². The van der Waals surface area contributed by atoms with Gasteiger partial charge in [-0.25, -0.2) is 8.78 Å². The maximum atomic E-state index is 13.1. The third-order valence-corrected chi connectivity index (χ3v) is 4.27. The molecule has 1 fully saturated rings. The van der Waals surface area contributed by atoms with Gasteiger partial charge in [0.05, 0.1) is 0 Å². The van der Waals surface area contributed by atoms with E-state index in [-0.39, 0.29) is 11.0 Å². The van der Waals surface area contributed by atoms with Crippen molar-refractivity contribution in [2.75, 3.05) is 6.54 Å². The van der Waals surface area contributed by atoms with E-state index in [2.05, 4.69) is 15.9 Å². The second kappa shape index (κ2) is 5.02. The summed E-state index contributed by atoms with van der Waals surface area (Å²) >= 11 is 3.36. The van der Waals surface area contributed by atoms with Crippen LogP contribution in [0.3, 0.4) is 0 Å². The second-order valence-electron chi connectivity index (χ2n) is 4.72. The third kappa shape index (κ3) is 2.38. The Balaban J connectivity index is 2.51. The van der Waals surface area contributed by atoms with E-state index in [0.717, 1.165) is 35.7 Å². The summed E-state index contributed by atoms with van der Waals surface area (Å²) in [5.41, 5.74) is 6.50. The number of hydrogen-bond acceptors (Lipinski definition) is 1. The van der Waals surface area contributed by atoms with Crippen LogP contribution in [0, 0.1) is 0 Å². The van der Waals surface area contributed by atoms with Crippen molar-refractivity contribution in [1.82, 2.24) is 0 Å². The molecule has 0 heterocycles. The third-order valence-electron chi connectivity index (χ3n) is 3.77. The van der Waals surface area contributed by atoms with Crippen LogP contribution in [0.2, 0.25) is 0 Å². The molecule has 4 heteroatoms. The topological polar surface area (TPSA) is 26.0 Å². The quantitative estimate of drug-likeness (QED) is 0.891. The molecule has 2 N–H and O–H groups in total. The predicted molar refractivity (Wildman–Crippen MR) is 68.3 cm³/mol. The lowest BCUT2D eigenvalue weighted by Crippen LogP contribution is -2.33. The van der Waals surface area contributed by atoms with Crippen molar-refractivity contribution in [3.05, 3.63) is 33.8 Å². The van der Waals surface area contributed by atoms with Crippen molar-refractivity contribution in [2.45, 2.75) is 37.5 Å². The van der Waals surface area contributed by atoms with E-state index in [1.165, 1.54) is 6.07 Å². The molecule has 0 saturated heterocycles. The fourth-order valence-electron chi connectivity index (χ4n) is 2.81. The molecule has 1 saturated carbocycles. The number of alkyl halides is 2. The summed E-state index contributed by atoms with van der Waals surface area (Å²) in [4.78, 5) is 0. The monoisotopic (exact) mass is 303 g/mol. The first-order valence-corrected chi connectivity index (χ1v) is 6.66. The van der Waals surface area contributed by atoms with Crippen molar-refractivity contribution in [1.29, 1.82) is 0 Å². The highest BCUT2D eigenvalue weighted by molar-refractivity contribution is 9.10. The highest BCUT2D eigenvalue weighted by Gasteiger charge is 2.37. The van der Waals surface area contributed by atoms with Crippen LogP contribution in [0.1, 0.15) is 43.2 Å². The molecule has 17 heavy (non-hydrogen) atoms. The highest BCUT2D eigenvalue weighted by Crippen LogP contribution is 2.44. The van der Waals surface area contributed by atoms with Crippen molar-refractivity contribution >= 4 is 15.9 Å². The van der Waals surface area contributed by atoms with Crippen LogP contribution in [-0.4, -0.2) is 6.54 Å². The number of nitrogens with two attached hydrogens (primary N) is 1. The average Bonchev–Trinajstić information content (AvgIpc) is 2.78. The number of halogens is 3. The molecular weight excluding hydrogens is 288 g/mol. The van der Waals surface area contributed by atoms with Crippen molar-refractivity contribution in [3.63, 3.8) is 0 Å². The van der Waals surface area contributed by atoms with Crippen molar-refractivity contribution < 1.29 is 8.78 Å². The normalized spacial score (nSPS) is 18.9. The Bertz CT molecular complexity index is 400. The zero-order chi connectivity index (χ0) is 12.5. The molecule has 1 aromatic carbocycles. The molecule has 1 aliphatic rings.